The Hall–Kier alpha value is -1.95. The van der Waals surface area contributed by atoms with Gasteiger partial charge in [0, 0.05) is 26.2 Å². The van der Waals surface area contributed by atoms with E-state index in [1.807, 2.05) is 0 Å². The highest BCUT2D eigenvalue weighted by molar-refractivity contribution is 5.87. The summed E-state index contributed by atoms with van der Waals surface area (Å²) in [4.78, 5) is 25.4. The molecule has 0 heterocycles. The van der Waals surface area contributed by atoms with Gasteiger partial charge in [0.05, 0.1) is 12.1 Å². The molecule has 0 saturated heterocycles. The molecule has 0 atom stereocenters. The van der Waals surface area contributed by atoms with Crippen molar-refractivity contribution in [2.24, 2.45) is 0 Å². The zero-order valence-electron chi connectivity index (χ0n) is 11.2. The lowest BCUT2D eigenvalue weighted by atomic mass is 10.1. The van der Waals surface area contributed by atoms with Crippen LogP contribution < -0.4 is 0 Å². The molecule has 0 aliphatic rings. The molecule has 0 bridgehead atoms. The minimum absolute atomic E-state index is 0.0312. The van der Waals surface area contributed by atoms with E-state index < -0.39 is 11.8 Å². The summed E-state index contributed by atoms with van der Waals surface area (Å²) in [7, 11) is 4.96. The summed E-state index contributed by atoms with van der Waals surface area (Å²) in [6.45, 7) is 0.316. The van der Waals surface area contributed by atoms with Crippen LogP contribution in [-0.2, 0) is 11.3 Å². The molecule has 1 amide bonds. The van der Waals surface area contributed by atoms with Crippen molar-refractivity contribution in [3.8, 4) is 0 Å². The lowest BCUT2D eigenvalue weighted by molar-refractivity contribution is -0.129. The number of hydrogen-bond acceptors (Lipinski definition) is 3. The number of halogens is 1. The van der Waals surface area contributed by atoms with Crippen LogP contribution in [0.1, 0.15) is 15.9 Å². The SMILES string of the molecule is CN(CC(=O)N(C)C)Cc1cc(C(=O)O)ccc1F. The molecular weight excluding hydrogens is 251 g/mol. The van der Waals surface area contributed by atoms with Gasteiger partial charge in [-0.2, -0.15) is 0 Å². The van der Waals surface area contributed by atoms with Gasteiger partial charge in [0.1, 0.15) is 5.82 Å². The van der Waals surface area contributed by atoms with Gasteiger partial charge in [-0.1, -0.05) is 0 Å². The van der Waals surface area contributed by atoms with Crippen LogP contribution in [0, 0.1) is 5.82 Å². The highest BCUT2D eigenvalue weighted by Gasteiger charge is 2.13. The standard InChI is InChI=1S/C13H17FN2O3/c1-15(2)12(17)8-16(3)7-10-6-9(13(18)19)4-5-11(10)14/h4-6H,7-8H2,1-3H3,(H,18,19). The maximum absolute atomic E-state index is 13.6. The number of carbonyl (C=O) groups excluding carboxylic acids is 1. The molecule has 19 heavy (non-hydrogen) atoms. The van der Waals surface area contributed by atoms with Gasteiger partial charge in [0.25, 0.3) is 0 Å². The molecule has 0 aromatic heterocycles. The summed E-state index contributed by atoms with van der Waals surface area (Å²) in [5, 5.41) is 8.86. The fourth-order valence-corrected chi connectivity index (χ4v) is 1.55. The van der Waals surface area contributed by atoms with Gasteiger partial charge in [0.2, 0.25) is 5.91 Å². The maximum atomic E-state index is 13.6. The van der Waals surface area contributed by atoms with Crippen LogP contribution >= 0.6 is 0 Å². The number of amides is 1. The van der Waals surface area contributed by atoms with E-state index in [0.717, 1.165) is 6.07 Å². The Kier molecular flexibility index (Phi) is 5.00. The first-order chi connectivity index (χ1) is 8.81. The first-order valence-electron chi connectivity index (χ1n) is 5.71. The molecule has 1 N–H and O–H groups in total. The van der Waals surface area contributed by atoms with Gasteiger partial charge in [-0.15, -0.1) is 0 Å². The second kappa shape index (κ2) is 6.29. The van der Waals surface area contributed by atoms with Gasteiger partial charge in [0.15, 0.2) is 0 Å². The molecule has 1 aromatic carbocycles. The second-order valence-electron chi connectivity index (χ2n) is 4.57. The third-order valence-corrected chi connectivity index (χ3v) is 2.64. The third-order valence-electron chi connectivity index (χ3n) is 2.64. The molecule has 0 spiro atoms. The largest absolute Gasteiger partial charge is 0.478 e. The van der Waals surface area contributed by atoms with E-state index in [0.29, 0.717) is 0 Å². The van der Waals surface area contributed by atoms with Crippen LogP contribution in [0.25, 0.3) is 0 Å². The molecule has 5 nitrogen and oxygen atoms in total. The van der Waals surface area contributed by atoms with E-state index in [-0.39, 0.29) is 30.1 Å². The van der Waals surface area contributed by atoms with Crippen molar-refractivity contribution in [3.05, 3.63) is 35.1 Å². The fourth-order valence-electron chi connectivity index (χ4n) is 1.55. The second-order valence-corrected chi connectivity index (χ2v) is 4.57. The molecule has 0 aliphatic carbocycles. The number of benzene rings is 1. The molecule has 1 aromatic rings. The Morgan fingerprint density at radius 3 is 2.42 bits per heavy atom. The van der Waals surface area contributed by atoms with Gasteiger partial charge >= 0.3 is 5.97 Å². The Balaban J connectivity index is 2.78. The number of carbonyl (C=O) groups is 2. The smallest absolute Gasteiger partial charge is 0.335 e. The summed E-state index contributed by atoms with van der Waals surface area (Å²) in [6.07, 6.45) is 0. The van der Waals surface area contributed by atoms with Crippen molar-refractivity contribution in [3.63, 3.8) is 0 Å². The van der Waals surface area contributed by atoms with E-state index in [4.69, 9.17) is 5.11 Å². The third kappa shape index (κ3) is 4.33. The fraction of sp³-hybridized carbons (Fsp3) is 0.385. The molecular formula is C13H17FN2O3. The number of carboxylic acids is 1. The van der Waals surface area contributed by atoms with Crippen molar-refractivity contribution in [1.82, 2.24) is 9.80 Å². The summed E-state index contributed by atoms with van der Waals surface area (Å²) < 4.78 is 13.6. The molecule has 104 valence electrons. The summed E-state index contributed by atoms with van der Waals surface area (Å²) in [6, 6.07) is 3.63. The highest BCUT2D eigenvalue weighted by atomic mass is 19.1. The number of carboxylic acid groups (broad SMARTS) is 1. The van der Waals surface area contributed by atoms with Crippen LogP contribution in [0.2, 0.25) is 0 Å². The van der Waals surface area contributed by atoms with E-state index in [1.165, 1.54) is 17.0 Å². The molecule has 0 fully saturated rings. The van der Waals surface area contributed by atoms with Gasteiger partial charge < -0.3 is 10.0 Å². The van der Waals surface area contributed by atoms with Crippen LogP contribution in [0.5, 0.6) is 0 Å². The van der Waals surface area contributed by atoms with E-state index >= 15 is 0 Å². The van der Waals surface area contributed by atoms with Crippen molar-refractivity contribution in [1.29, 1.82) is 0 Å². The van der Waals surface area contributed by atoms with Gasteiger partial charge in [-0.3, -0.25) is 9.69 Å². The quantitative estimate of drug-likeness (QED) is 0.867. The minimum Gasteiger partial charge on any atom is -0.478 e. The van der Waals surface area contributed by atoms with Crippen molar-refractivity contribution in [2.45, 2.75) is 6.54 Å². The molecule has 6 heteroatoms. The molecule has 0 unspecified atom stereocenters. The Morgan fingerprint density at radius 1 is 1.26 bits per heavy atom. The van der Waals surface area contributed by atoms with Crippen molar-refractivity contribution < 1.29 is 19.1 Å². The average molecular weight is 268 g/mol. The predicted molar refractivity (Wildman–Crippen MR) is 68.4 cm³/mol. The van der Waals surface area contributed by atoms with E-state index in [1.54, 1.807) is 26.0 Å². The van der Waals surface area contributed by atoms with Gasteiger partial charge in [-0.25, -0.2) is 9.18 Å². The summed E-state index contributed by atoms with van der Waals surface area (Å²) in [5.74, 6) is -1.68. The van der Waals surface area contributed by atoms with E-state index in [9.17, 15) is 14.0 Å². The topological polar surface area (TPSA) is 60.9 Å². The van der Waals surface area contributed by atoms with Crippen LogP contribution in [0.3, 0.4) is 0 Å². The number of hydrogen-bond donors (Lipinski definition) is 1. The average Bonchev–Trinajstić information content (AvgIpc) is 2.31. The Morgan fingerprint density at radius 2 is 1.89 bits per heavy atom. The molecule has 1 rings (SSSR count). The minimum atomic E-state index is -1.10. The van der Waals surface area contributed by atoms with Crippen LogP contribution in [0.4, 0.5) is 4.39 Å². The molecule has 0 saturated carbocycles. The predicted octanol–water partition coefficient (Wildman–Crippen LogP) is 1.04. The van der Waals surface area contributed by atoms with Crippen molar-refractivity contribution in [2.75, 3.05) is 27.7 Å². The van der Waals surface area contributed by atoms with Crippen molar-refractivity contribution >= 4 is 11.9 Å². The van der Waals surface area contributed by atoms with Crippen LogP contribution in [0.15, 0.2) is 18.2 Å². The molecule has 0 radical (unpaired) electrons. The first kappa shape index (κ1) is 15.1. The first-order valence-corrected chi connectivity index (χ1v) is 5.71. The lowest BCUT2D eigenvalue weighted by Crippen LogP contribution is -2.34. The number of nitrogens with zero attached hydrogens (tertiary/aromatic N) is 2. The zero-order chi connectivity index (χ0) is 14.6. The normalized spacial score (nSPS) is 10.6. The van der Waals surface area contributed by atoms with Crippen LogP contribution in [-0.4, -0.2) is 54.5 Å². The zero-order valence-corrected chi connectivity index (χ0v) is 11.2. The number of likely N-dealkylation sites (N-methyl/N-ethyl adjacent to an activating group) is 2. The Labute approximate surface area is 111 Å². The van der Waals surface area contributed by atoms with Gasteiger partial charge in [-0.05, 0) is 25.2 Å². The molecule has 0 aliphatic heterocycles. The maximum Gasteiger partial charge on any atom is 0.335 e. The Bertz CT molecular complexity index is 489. The number of rotatable bonds is 5. The summed E-state index contributed by atoms with van der Waals surface area (Å²) in [5.41, 5.74) is 0.290. The highest BCUT2D eigenvalue weighted by Crippen LogP contribution is 2.12. The summed E-state index contributed by atoms with van der Waals surface area (Å²) >= 11 is 0. The lowest BCUT2D eigenvalue weighted by Gasteiger charge is -2.19. The monoisotopic (exact) mass is 268 g/mol. The number of aromatic carboxylic acids is 1. The van der Waals surface area contributed by atoms with E-state index in [2.05, 4.69) is 0 Å².